The zero-order chi connectivity index (χ0) is 20.3. The third kappa shape index (κ3) is 5.70. The lowest BCUT2D eigenvalue weighted by Crippen LogP contribution is -2.47. The molecule has 29 heavy (non-hydrogen) atoms. The molecule has 7 nitrogen and oxygen atoms in total. The minimum atomic E-state index is -3.50. The fraction of sp³-hybridized carbons (Fsp3) is 0.714. The van der Waals surface area contributed by atoms with E-state index in [1.54, 1.807) is 0 Å². The van der Waals surface area contributed by atoms with Crippen molar-refractivity contribution in [2.24, 2.45) is 11.1 Å². The van der Waals surface area contributed by atoms with Crippen LogP contribution in [-0.2, 0) is 25.2 Å². The van der Waals surface area contributed by atoms with E-state index >= 15 is 0 Å². The summed E-state index contributed by atoms with van der Waals surface area (Å²) in [6.45, 7) is 6.67. The minimum absolute atomic E-state index is 0.112. The molecule has 4 rings (SSSR count). The van der Waals surface area contributed by atoms with Crippen molar-refractivity contribution in [2.75, 3.05) is 50.8 Å². The number of piperazine rings is 1. The molecule has 0 unspecified atom stereocenters. The van der Waals surface area contributed by atoms with Crippen LogP contribution in [0.5, 0.6) is 0 Å². The molecule has 0 aromatic heterocycles. The summed E-state index contributed by atoms with van der Waals surface area (Å²) in [5.41, 5.74) is 1.83. The Morgan fingerprint density at radius 3 is 2.41 bits per heavy atom. The quantitative estimate of drug-likeness (QED) is 0.753. The van der Waals surface area contributed by atoms with Gasteiger partial charge >= 0.3 is 0 Å². The molecule has 3 aliphatic rings. The molecule has 2 saturated heterocycles. The van der Waals surface area contributed by atoms with Crippen molar-refractivity contribution < 1.29 is 17.9 Å². The summed E-state index contributed by atoms with van der Waals surface area (Å²) in [7, 11) is -3.50. The van der Waals surface area contributed by atoms with Gasteiger partial charge in [0.15, 0.2) is 5.79 Å². The highest BCUT2D eigenvalue weighted by atomic mass is 32.2. The maximum Gasteiger partial charge on any atom is 0.213 e. The first-order chi connectivity index (χ1) is 13.9. The van der Waals surface area contributed by atoms with Crippen LogP contribution < -0.4 is 10.0 Å². The molecular weight excluding hydrogens is 390 g/mol. The Morgan fingerprint density at radius 1 is 1.07 bits per heavy atom. The standard InChI is InChI=1S/C21H33N3O4S/c22-29(25,26)17-19-2-1-3-20(16-19)24-12-10-23(11-13-24)9-6-18-4-7-21(8-5-18)27-14-15-28-21/h1-3,16,18H,4-15,17H2,(H2,22,25,26). The van der Waals surface area contributed by atoms with Crippen LogP contribution in [-0.4, -0.2) is 65.0 Å². The van der Waals surface area contributed by atoms with Crippen molar-refractivity contribution in [2.45, 2.75) is 43.6 Å². The predicted molar refractivity (Wildman–Crippen MR) is 113 cm³/mol. The van der Waals surface area contributed by atoms with Crippen LogP contribution in [0.1, 0.15) is 37.7 Å². The molecule has 162 valence electrons. The lowest BCUT2D eigenvalue weighted by atomic mass is 9.83. The van der Waals surface area contributed by atoms with Crippen molar-refractivity contribution in [3.63, 3.8) is 0 Å². The van der Waals surface area contributed by atoms with Crippen LogP contribution in [0.25, 0.3) is 0 Å². The SMILES string of the molecule is NS(=O)(=O)Cc1cccc(N2CCN(CCC3CCC4(CC3)OCCO4)CC2)c1. The van der Waals surface area contributed by atoms with Gasteiger partial charge in [-0.2, -0.15) is 0 Å². The molecule has 2 N–H and O–H groups in total. The summed E-state index contributed by atoms with van der Waals surface area (Å²) < 4.78 is 34.4. The van der Waals surface area contributed by atoms with Gasteiger partial charge in [-0.3, -0.25) is 4.90 Å². The molecule has 1 aromatic carbocycles. The smallest absolute Gasteiger partial charge is 0.213 e. The van der Waals surface area contributed by atoms with E-state index in [1.807, 2.05) is 24.3 Å². The number of hydrogen-bond acceptors (Lipinski definition) is 6. The van der Waals surface area contributed by atoms with Gasteiger partial charge in [-0.05, 0) is 49.4 Å². The highest BCUT2D eigenvalue weighted by molar-refractivity contribution is 7.88. The lowest BCUT2D eigenvalue weighted by molar-refractivity contribution is -0.182. The van der Waals surface area contributed by atoms with Gasteiger partial charge in [-0.1, -0.05) is 12.1 Å². The van der Waals surface area contributed by atoms with Crippen LogP contribution in [0.2, 0.25) is 0 Å². The van der Waals surface area contributed by atoms with Crippen LogP contribution in [0, 0.1) is 5.92 Å². The number of benzene rings is 1. The van der Waals surface area contributed by atoms with Crippen molar-refractivity contribution in [1.29, 1.82) is 0 Å². The molecule has 8 heteroatoms. The number of primary sulfonamides is 1. The number of sulfonamides is 1. The van der Waals surface area contributed by atoms with Crippen molar-refractivity contribution in [3.05, 3.63) is 29.8 Å². The first-order valence-corrected chi connectivity index (χ1v) is 12.5. The maximum atomic E-state index is 11.4. The van der Waals surface area contributed by atoms with Crippen molar-refractivity contribution in [1.82, 2.24) is 4.90 Å². The fourth-order valence-corrected chi connectivity index (χ4v) is 5.51. The molecule has 0 amide bonds. The van der Waals surface area contributed by atoms with Crippen molar-refractivity contribution in [3.8, 4) is 0 Å². The predicted octanol–water partition coefficient (Wildman–Crippen LogP) is 1.92. The number of rotatable bonds is 6. The van der Waals surface area contributed by atoms with Crippen LogP contribution >= 0.6 is 0 Å². The number of ether oxygens (including phenoxy) is 2. The Kier molecular flexibility index (Phi) is 6.46. The molecule has 2 heterocycles. The first-order valence-electron chi connectivity index (χ1n) is 10.8. The Hall–Kier alpha value is -1.19. The molecule has 0 radical (unpaired) electrons. The number of nitrogens with zero attached hydrogens (tertiary/aromatic N) is 2. The molecule has 0 atom stereocenters. The van der Waals surface area contributed by atoms with E-state index in [0.29, 0.717) is 0 Å². The van der Waals surface area contributed by atoms with Crippen LogP contribution in [0.3, 0.4) is 0 Å². The summed E-state index contributed by atoms with van der Waals surface area (Å²) >= 11 is 0. The topological polar surface area (TPSA) is 85.1 Å². The largest absolute Gasteiger partial charge is 0.369 e. The van der Waals surface area contributed by atoms with Gasteiger partial charge < -0.3 is 14.4 Å². The molecule has 3 fully saturated rings. The van der Waals surface area contributed by atoms with Gasteiger partial charge in [0.25, 0.3) is 0 Å². The van der Waals surface area contributed by atoms with Gasteiger partial charge in [0.1, 0.15) is 0 Å². The van der Waals surface area contributed by atoms with Crippen LogP contribution in [0.4, 0.5) is 5.69 Å². The molecular formula is C21H33N3O4S. The molecule has 1 spiro atoms. The Balaban J connectivity index is 1.20. The van der Waals surface area contributed by atoms with Crippen molar-refractivity contribution >= 4 is 15.7 Å². The second kappa shape index (κ2) is 8.89. The zero-order valence-electron chi connectivity index (χ0n) is 17.1. The highest BCUT2D eigenvalue weighted by Gasteiger charge is 2.40. The van der Waals surface area contributed by atoms with Gasteiger partial charge in [-0.25, -0.2) is 13.6 Å². The van der Waals surface area contributed by atoms with Gasteiger partial charge in [0.2, 0.25) is 10.0 Å². The summed E-state index contributed by atoms with van der Waals surface area (Å²) in [6, 6.07) is 7.73. The van der Waals surface area contributed by atoms with Gasteiger partial charge in [0, 0.05) is 44.7 Å². The van der Waals surface area contributed by atoms with E-state index in [-0.39, 0.29) is 11.5 Å². The normalized spacial score (nSPS) is 23.7. The molecule has 0 bridgehead atoms. The van der Waals surface area contributed by atoms with Gasteiger partial charge in [0.05, 0.1) is 19.0 Å². The number of nitrogens with two attached hydrogens (primary N) is 1. The Bertz CT molecular complexity index is 777. The van der Waals surface area contributed by atoms with E-state index in [0.717, 1.165) is 75.9 Å². The summed E-state index contributed by atoms with van der Waals surface area (Å²) in [4.78, 5) is 4.89. The monoisotopic (exact) mass is 423 g/mol. The van der Waals surface area contributed by atoms with E-state index < -0.39 is 10.0 Å². The average Bonchev–Trinajstić information content (AvgIpc) is 3.15. The fourth-order valence-electron chi connectivity index (χ4n) is 4.86. The lowest BCUT2D eigenvalue weighted by Gasteiger charge is -2.38. The second-order valence-corrected chi connectivity index (χ2v) is 10.3. The molecule has 1 aliphatic carbocycles. The summed E-state index contributed by atoms with van der Waals surface area (Å²) in [6.07, 6.45) is 5.74. The maximum absolute atomic E-state index is 11.4. The van der Waals surface area contributed by atoms with Crippen LogP contribution in [0.15, 0.2) is 24.3 Å². The zero-order valence-corrected chi connectivity index (χ0v) is 17.9. The van der Waals surface area contributed by atoms with E-state index in [9.17, 15) is 8.42 Å². The third-order valence-electron chi connectivity index (χ3n) is 6.55. The molecule has 1 saturated carbocycles. The molecule has 2 aliphatic heterocycles. The Labute approximate surface area is 174 Å². The minimum Gasteiger partial charge on any atom is -0.369 e. The van der Waals surface area contributed by atoms with E-state index in [2.05, 4.69) is 9.80 Å². The van der Waals surface area contributed by atoms with E-state index in [1.165, 1.54) is 19.3 Å². The van der Waals surface area contributed by atoms with Gasteiger partial charge in [-0.15, -0.1) is 0 Å². The number of hydrogen-bond donors (Lipinski definition) is 1. The summed E-state index contributed by atoms with van der Waals surface area (Å²) in [5, 5.41) is 5.18. The summed E-state index contributed by atoms with van der Waals surface area (Å²) in [5.74, 6) is 0.417. The molecule has 1 aromatic rings. The Morgan fingerprint density at radius 2 is 1.76 bits per heavy atom. The highest BCUT2D eigenvalue weighted by Crippen LogP contribution is 2.39. The first kappa shape index (κ1) is 21.1. The number of anilines is 1. The third-order valence-corrected chi connectivity index (χ3v) is 7.29. The average molecular weight is 424 g/mol. The second-order valence-electron chi connectivity index (χ2n) is 8.65. The van der Waals surface area contributed by atoms with E-state index in [4.69, 9.17) is 14.6 Å².